The largest absolute Gasteiger partial charge is 0.497 e. The van der Waals surface area contributed by atoms with Crippen LogP contribution in [0, 0.1) is 0 Å². The van der Waals surface area contributed by atoms with E-state index in [2.05, 4.69) is 15.2 Å². The number of nitrogens with zero attached hydrogens (tertiary/aromatic N) is 2. The van der Waals surface area contributed by atoms with Crippen molar-refractivity contribution in [3.8, 4) is 5.75 Å². The fourth-order valence-corrected chi connectivity index (χ4v) is 4.01. The van der Waals surface area contributed by atoms with Gasteiger partial charge in [0.2, 0.25) is 0 Å². The van der Waals surface area contributed by atoms with Crippen molar-refractivity contribution in [2.24, 2.45) is 0 Å². The molecule has 30 heavy (non-hydrogen) atoms. The van der Waals surface area contributed by atoms with Crippen LogP contribution in [0.15, 0.2) is 54.6 Å². The number of pyridine rings is 1. The van der Waals surface area contributed by atoms with Gasteiger partial charge in [0, 0.05) is 17.6 Å². The molecule has 1 aromatic heterocycles. The highest BCUT2D eigenvalue weighted by atomic mass is 19.4. The lowest BCUT2D eigenvalue weighted by molar-refractivity contribution is -0.140. The molecule has 0 saturated carbocycles. The Hall–Kier alpha value is -2.80. The van der Waals surface area contributed by atoms with Gasteiger partial charge in [0.25, 0.3) is 0 Å². The number of ether oxygens (including phenoxy) is 1. The third-order valence-corrected chi connectivity index (χ3v) is 5.57. The molecule has 0 bridgehead atoms. The van der Waals surface area contributed by atoms with Crippen molar-refractivity contribution < 1.29 is 17.9 Å². The molecule has 1 atom stereocenters. The van der Waals surface area contributed by atoms with Gasteiger partial charge in [0.1, 0.15) is 11.4 Å². The summed E-state index contributed by atoms with van der Waals surface area (Å²) in [5.41, 5.74) is 1.01. The van der Waals surface area contributed by atoms with Crippen molar-refractivity contribution in [1.29, 1.82) is 0 Å². The first-order valence-corrected chi connectivity index (χ1v) is 10.0. The number of aromatic nitrogens is 1. The summed E-state index contributed by atoms with van der Waals surface area (Å²) >= 11 is 0. The summed E-state index contributed by atoms with van der Waals surface area (Å²) < 4.78 is 45.4. The Labute approximate surface area is 173 Å². The lowest BCUT2D eigenvalue weighted by Gasteiger charge is -2.29. The van der Waals surface area contributed by atoms with E-state index >= 15 is 0 Å². The van der Waals surface area contributed by atoms with Gasteiger partial charge in [-0.1, -0.05) is 30.3 Å². The topological polar surface area (TPSA) is 37.4 Å². The zero-order chi connectivity index (χ0) is 21.1. The average molecular weight is 415 g/mol. The number of halogens is 3. The second-order valence-electron chi connectivity index (χ2n) is 7.48. The van der Waals surface area contributed by atoms with Crippen molar-refractivity contribution in [3.63, 3.8) is 0 Å². The zero-order valence-electron chi connectivity index (χ0n) is 16.7. The van der Waals surface area contributed by atoms with Gasteiger partial charge < -0.3 is 10.1 Å². The standard InChI is InChI=1S/C23H24F3N3O/c1-30-17-10-8-16(9-11-17)21(29-12-4-5-13-29)15-27-20-14-22(23(24,25)26)28-19-7-3-2-6-18(19)20/h2-3,6-11,14,21H,4-5,12-13,15H2,1H3,(H,27,28)/t21-/m1/s1. The summed E-state index contributed by atoms with van der Waals surface area (Å²) in [7, 11) is 1.63. The Morgan fingerprint density at radius 2 is 1.77 bits per heavy atom. The fourth-order valence-electron chi connectivity index (χ4n) is 4.01. The monoisotopic (exact) mass is 415 g/mol. The number of hydrogen-bond donors (Lipinski definition) is 1. The third-order valence-electron chi connectivity index (χ3n) is 5.57. The first-order valence-electron chi connectivity index (χ1n) is 10.0. The molecule has 2 heterocycles. The molecule has 1 aliphatic heterocycles. The number of anilines is 1. The summed E-state index contributed by atoms with van der Waals surface area (Å²) in [5, 5.41) is 3.97. The van der Waals surface area contributed by atoms with Crippen LogP contribution in [0.2, 0.25) is 0 Å². The molecule has 1 saturated heterocycles. The van der Waals surface area contributed by atoms with Crippen LogP contribution < -0.4 is 10.1 Å². The average Bonchev–Trinajstić information content (AvgIpc) is 3.28. The molecular formula is C23H24F3N3O. The van der Waals surface area contributed by atoms with Gasteiger partial charge in [-0.3, -0.25) is 4.90 Å². The number of alkyl halides is 3. The number of para-hydroxylation sites is 1. The van der Waals surface area contributed by atoms with E-state index in [9.17, 15) is 13.2 Å². The van der Waals surface area contributed by atoms with Gasteiger partial charge in [0.15, 0.2) is 0 Å². The number of hydrogen-bond acceptors (Lipinski definition) is 4. The van der Waals surface area contributed by atoms with E-state index in [1.807, 2.05) is 30.3 Å². The van der Waals surface area contributed by atoms with Crippen molar-refractivity contribution in [3.05, 3.63) is 65.9 Å². The van der Waals surface area contributed by atoms with Gasteiger partial charge in [-0.25, -0.2) is 4.98 Å². The van der Waals surface area contributed by atoms with E-state index < -0.39 is 11.9 Å². The van der Waals surface area contributed by atoms with Crippen molar-refractivity contribution >= 4 is 16.6 Å². The number of rotatable bonds is 6. The number of nitrogens with one attached hydrogen (secondary N) is 1. The highest BCUT2D eigenvalue weighted by Gasteiger charge is 2.33. The normalized spacial score (nSPS) is 16.0. The van der Waals surface area contributed by atoms with E-state index in [1.54, 1.807) is 25.3 Å². The lowest BCUT2D eigenvalue weighted by atomic mass is 10.0. The molecule has 1 aliphatic rings. The molecule has 7 heteroatoms. The van der Waals surface area contributed by atoms with Crippen LogP contribution in [-0.4, -0.2) is 36.6 Å². The summed E-state index contributed by atoms with van der Waals surface area (Å²) in [6.07, 6.45) is -2.24. The molecule has 4 nitrogen and oxygen atoms in total. The van der Waals surface area contributed by atoms with E-state index in [0.29, 0.717) is 23.1 Å². The van der Waals surface area contributed by atoms with E-state index in [1.165, 1.54) is 0 Å². The van der Waals surface area contributed by atoms with Gasteiger partial charge in [-0.2, -0.15) is 13.2 Å². The van der Waals surface area contributed by atoms with Crippen LogP contribution >= 0.6 is 0 Å². The van der Waals surface area contributed by atoms with Crippen molar-refractivity contribution in [1.82, 2.24) is 9.88 Å². The SMILES string of the molecule is COc1ccc([C@@H](CNc2cc(C(F)(F)F)nc3ccccc23)N2CCCC2)cc1. The molecule has 0 radical (unpaired) electrons. The minimum atomic E-state index is -4.50. The molecule has 1 N–H and O–H groups in total. The number of benzene rings is 2. The second-order valence-corrected chi connectivity index (χ2v) is 7.48. The highest BCUT2D eigenvalue weighted by molar-refractivity contribution is 5.91. The predicted octanol–water partition coefficient (Wildman–Crippen LogP) is 5.51. The van der Waals surface area contributed by atoms with E-state index in [4.69, 9.17) is 4.74 Å². The lowest BCUT2D eigenvalue weighted by Crippen LogP contribution is -2.31. The summed E-state index contributed by atoms with van der Waals surface area (Å²) in [4.78, 5) is 6.18. The number of likely N-dealkylation sites (tertiary alicyclic amines) is 1. The van der Waals surface area contributed by atoms with Gasteiger partial charge in [0.05, 0.1) is 18.7 Å². The quantitative estimate of drug-likeness (QED) is 0.576. The van der Waals surface area contributed by atoms with Crippen LogP contribution in [0.25, 0.3) is 10.9 Å². The molecular weight excluding hydrogens is 391 g/mol. The molecule has 0 aliphatic carbocycles. The molecule has 0 spiro atoms. The molecule has 158 valence electrons. The van der Waals surface area contributed by atoms with Crippen LogP contribution in [-0.2, 0) is 6.18 Å². The van der Waals surface area contributed by atoms with Gasteiger partial charge >= 0.3 is 6.18 Å². The number of fused-ring (bicyclic) bond motifs is 1. The first-order chi connectivity index (χ1) is 14.5. The maximum atomic E-state index is 13.4. The second kappa shape index (κ2) is 8.52. The Kier molecular flexibility index (Phi) is 5.81. The Balaban J connectivity index is 1.65. The molecule has 0 amide bonds. The summed E-state index contributed by atoms with van der Waals surface area (Å²) in [6, 6.07) is 16.0. The molecule has 3 aromatic rings. The van der Waals surface area contributed by atoms with Crippen LogP contribution in [0.3, 0.4) is 0 Å². The zero-order valence-corrected chi connectivity index (χ0v) is 16.7. The Morgan fingerprint density at radius 1 is 1.07 bits per heavy atom. The molecule has 1 fully saturated rings. The van der Waals surface area contributed by atoms with Crippen molar-refractivity contribution in [2.75, 3.05) is 32.1 Å². The molecule has 4 rings (SSSR count). The third kappa shape index (κ3) is 4.36. The minimum Gasteiger partial charge on any atom is -0.497 e. The maximum absolute atomic E-state index is 13.4. The Morgan fingerprint density at radius 3 is 2.43 bits per heavy atom. The van der Waals surface area contributed by atoms with Crippen molar-refractivity contribution in [2.45, 2.75) is 25.1 Å². The van der Waals surface area contributed by atoms with Crippen LogP contribution in [0.4, 0.5) is 18.9 Å². The highest BCUT2D eigenvalue weighted by Crippen LogP contribution is 2.34. The maximum Gasteiger partial charge on any atom is 0.433 e. The number of methoxy groups -OCH3 is 1. The van der Waals surface area contributed by atoms with Crippen LogP contribution in [0.1, 0.15) is 30.1 Å². The summed E-state index contributed by atoms with van der Waals surface area (Å²) in [5.74, 6) is 0.779. The smallest absolute Gasteiger partial charge is 0.433 e. The Bertz CT molecular complexity index is 999. The predicted molar refractivity (Wildman–Crippen MR) is 112 cm³/mol. The molecule has 0 unspecified atom stereocenters. The van der Waals surface area contributed by atoms with E-state index in [0.717, 1.165) is 43.3 Å². The minimum absolute atomic E-state index is 0.0553. The van der Waals surface area contributed by atoms with Crippen LogP contribution in [0.5, 0.6) is 5.75 Å². The summed E-state index contributed by atoms with van der Waals surface area (Å²) in [6.45, 7) is 2.45. The van der Waals surface area contributed by atoms with Gasteiger partial charge in [-0.05, 0) is 55.8 Å². The molecule has 2 aromatic carbocycles. The fraction of sp³-hybridized carbons (Fsp3) is 0.348. The first kappa shape index (κ1) is 20.5. The van der Waals surface area contributed by atoms with Gasteiger partial charge in [-0.15, -0.1) is 0 Å². The van der Waals surface area contributed by atoms with E-state index in [-0.39, 0.29) is 6.04 Å².